The Bertz CT molecular complexity index is 574. The normalized spacial score (nSPS) is 24.5. The molecule has 0 spiro atoms. The van der Waals surface area contributed by atoms with Gasteiger partial charge in [0.25, 0.3) is 5.91 Å². The number of morpholine rings is 1. The first kappa shape index (κ1) is 18.2. The van der Waals surface area contributed by atoms with E-state index in [0.29, 0.717) is 36.5 Å². The molecule has 2 atom stereocenters. The third-order valence-electron chi connectivity index (χ3n) is 5.04. The van der Waals surface area contributed by atoms with E-state index >= 15 is 0 Å². The number of methoxy groups -OCH3 is 1. The summed E-state index contributed by atoms with van der Waals surface area (Å²) in [5, 5.41) is 0. The summed E-state index contributed by atoms with van der Waals surface area (Å²) in [5.41, 5.74) is 0.633. The van der Waals surface area contributed by atoms with Gasteiger partial charge in [-0.25, -0.2) is 0 Å². The fourth-order valence-corrected chi connectivity index (χ4v) is 3.67. The van der Waals surface area contributed by atoms with Gasteiger partial charge >= 0.3 is 0 Å². The molecular weight excluding hydrogens is 320 g/mol. The van der Waals surface area contributed by atoms with Gasteiger partial charge in [-0.3, -0.25) is 9.69 Å². The summed E-state index contributed by atoms with van der Waals surface area (Å²) in [4.78, 5) is 17.5. The van der Waals surface area contributed by atoms with Crippen molar-refractivity contribution in [2.45, 2.75) is 13.0 Å². The zero-order valence-electron chi connectivity index (χ0n) is 15.1. The second kappa shape index (κ2) is 8.65. The van der Waals surface area contributed by atoms with Crippen LogP contribution >= 0.6 is 0 Å². The molecular formula is C19H28N2O4. The van der Waals surface area contributed by atoms with E-state index in [-0.39, 0.29) is 5.91 Å². The van der Waals surface area contributed by atoms with Crippen molar-refractivity contribution in [2.24, 2.45) is 5.92 Å². The first-order valence-corrected chi connectivity index (χ1v) is 9.02. The van der Waals surface area contributed by atoms with Gasteiger partial charge in [0.1, 0.15) is 12.4 Å². The average molecular weight is 348 g/mol. The van der Waals surface area contributed by atoms with Crippen LogP contribution in [0.15, 0.2) is 24.3 Å². The lowest BCUT2D eigenvalue weighted by Gasteiger charge is -2.34. The molecule has 0 aliphatic carbocycles. The lowest BCUT2D eigenvalue weighted by molar-refractivity contribution is 0.0119. The topological polar surface area (TPSA) is 51.2 Å². The summed E-state index contributed by atoms with van der Waals surface area (Å²) in [6.07, 6.45) is 0. The van der Waals surface area contributed by atoms with Crippen molar-refractivity contribution in [3.05, 3.63) is 29.8 Å². The quantitative estimate of drug-likeness (QED) is 0.730. The molecule has 0 bridgehead atoms. The third-order valence-corrected chi connectivity index (χ3v) is 5.04. The fourth-order valence-electron chi connectivity index (χ4n) is 3.67. The zero-order valence-corrected chi connectivity index (χ0v) is 15.1. The van der Waals surface area contributed by atoms with Crippen molar-refractivity contribution in [2.75, 3.05) is 59.7 Å². The number of carbonyl (C=O) groups is 1. The van der Waals surface area contributed by atoms with E-state index in [9.17, 15) is 4.79 Å². The number of benzene rings is 1. The maximum Gasteiger partial charge on any atom is 0.257 e. The Morgan fingerprint density at radius 2 is 1.96 bits per heavy atom. The number of nitrogens with zero attached hydrogens (tertiary/aromatic N) is 2. The SMILES string of the molecule is COCCOc1ccccc1C(=O)N1C[C@@H](N2CCOCC2)[C@@H](C)C1. The number of para-hydroxylation sites is 1. The summed E-state index contributed by atoms with van der Waals surface area (Å²) < 4.78 is 16.2. The predicted octanol–water partition coefficient (Wildman–Crippen LogP) is 1.50. The lowest BCUT2D eigenvalue weighted by Crippen LogP contribution is -2.47. The molecule has 0 unspecified atom stereocenters. The van der Waals surface area contributed by atoms with Crippen LogP contribution in [0, 0.1) is 5.92 Å². The van der Waals surface area contributed by atoms with Crippen LogP contribution in [-0.4, -0.2) is 81.5 Å². The summed E-state index contributed by atoms with van der Waals surface area (Å²) >= 11 is 0. The number of ether oxygens (including phenoxy) is 3. The zero-order chi connectivity index (χ0) is 17.6. The maximum absolute atomic E-state index is 13.0. The highest BCUT2D eigenvalue weighted by molar-refractivity contribution is 5.97. The fraction of sp³-hybridized carbons (Fsp3) is 0.632. The number of hydrogen-bond donors (Lipinski definition) is 0. The Morgan fingerprint density at radius 1 is 1.20 bits per heavy atom. The van der Waals surface area contributed by atoms with Crippen LogP contribution in [0.4, 0.5) is 0 Å². The molecule has 0 aromatic heterocycles. The van der Waals surface area contributed by atoms with Crippen LogP contribution in [-0.2, 0) is 9.47 Å². The van der Waals surface area contributed by atoms with Gasteiger partial charge < -0.3 is 19.1 Å². The molecule has 2 saturated heterocycles. The van der Waals surface area contributed by atoms with Gasteiger partial charge in [0, 0.05) is 39.3 Å². The second-order valence-corrected chi connectivity index (χ2v) is 6.74. The Hall–Kier alpha value is -1.63. The van der Waals surface area contributed by atoms with E-state index in [4.69, 9.17) is 14.2 Å². The Balaban J connectivity index is 1.67. The second-order valence-electron chi connectivity index (χ2n) is 6.74. The molecule has 2 fully saturated rings. The molecule has 6 heteroatoms. The summed E-state index contributed by atoms with van der Waals surface area (Å²) in [6, 6.07) is 7.88. The molecule has 138 valence electrons. The van der Waals surface area contributed by atoms with Gasteiger partial charge in [0.15, 0.2) is 0 Å². The minimum atomic E-state index is 0.0515. The summed E-state index contributed by atoms with van der Waals surface area (Å²) in [6.45, 7) is 8.20. The van der Waals surface area contributed by atoms with E-state index in [1.165, 1.54) is 0 Å². The number of hydrogen-bond acceptors (Lipinski definition) is 5. The molecule has 1 aromatic rings. The molecule has 0 N–H and O–H groups in total. The highest BCUT2D eigenvalue weighted by Crippen LogP contribution is 2.27. The van der Waals surface area contributed by atoms with Gasteiger partial charge in [-0.15, -0.1) is 0 Å². The minimum Gasteiger partial charge on any atom is -0.490 e. The van der Waals surface area contributed by atoms with Gasteiger partial charge in [-0.05, 0) is 18.1 Å². The predicted molar refractivity (Wildman–Crippen MR) is 95.1 cm³/mol. The first-order valence-electron chi connectivity index (χ1n) is 9.02. The molecule has 0 radical (unpaired) electrons. The Labute approximate surface area is 149 Å². The molecule has 2 aliphatic heterocycles. The molecule has 25 heavy (non-hydrogen) atoms. The van der Waals surface area contributed by atoms with Gasteiger partial charge in [0.05, 0.1) is 25.4 Å². The van der Waals surface area contributed by atoms with Gasteiger partial charge in [-0.2, -0.15) is 0 Å². The summed E-state index contributed by atoms with van der Waals surface area (Å²) in [7, 11) is 1.64. The molecule has 2 heterocycles. The molecule has 1 aromatic carbocycles. The van der Waals surface area contributed by atoms with E-state index in [2.05, 4.69) is 11.8 Å². The summed E-state index contributed by atoms with van der Waals surface area (Å²) in [5.74, 6) is 1.14. The van der Waals surface area contributed by atoms with Crippen LogP contribution < -0.4 is 4.74 Å². The number of carbonyl (C=O) groups excluding carboxylic acids is 1. The molecule has 1 amide bonds. The largest absolute Gasteiger partial charge is 0.490 e. The highest BCUT2D eigenvalue weighted by atomic mass is 16.5. The molecule has 2 aliphatic rings. The van der Waals surface area contributed by atoms with E-state index in [0.717, 1.165) is 39.4 Å². The van der Waals surface area contributed by atoms with Crippen LogP contribution in [0.5, 0.6) is 5.75 Å². The van der Waals surface area contributed by atoms with Crippen molar-refractivity contribution < 1.29 is 19.0 Å². The van der Waals surface area contributed by atoms with Crippen molar-refractivity contribution in [3.63, 3.8) is 0 Å². The Morgan fingerprint density at radius 3 is 2.72 bits per heavy atom. The van der Waals surface area contributed by atoms with Gasteiger partial charge in [0.2, 0.25) is 0 Å². The number of amides is 1. The molecule has 0 saturated carbocycles. The third kappa shape index (κ3) is 4.32. The van der Waals surface area contributed by atoms with Crippen LogP contribution in [0.1, 0.15) is 17.3 Å². The van der Waals surface area contributed by atoms with Gasteiger partial charge in [-0.1, -0.05) is 19.1 Å². The number of likely N-dealkylation sites (tertiary alicyclic amines) is 1. The first-order chi connectivity index (χ1) is 12.2. The van der Waals surface area contributed by atoms with E-state index in [1.54, 1.807) is 7.11 Å². The number of rotatable bonds is 6. The van der Waals surface area contributed by atoms with E-state index < -0.39 is 0 Å². The minimum absolute atomic E-state index is 0.0515. The maximum atomic E-state index is 13.0. The van der Waals surface area contributed by atoms with E-state index in [1.807, 2.05) is 29.2 Å². The standard InChI is InChI=1S/C19H28N2O4/c1-15-13-21(14-17(15)20-7-9-24-10-8-20)19(22)16-5-3-4-6-18(16)25-12-11-23-2/h3-6,15,17H,7-14H2,1-2H3/t15-,17+/m0/s1. The van der Waals surface area contributed by atoms with Crippen molar-refractivity contribution in [1.29, 1.82) is 0 Å². The van der Waals surface area contributed by atoms with Crippen molar-refractivity contribution in [1.82, 2.24) is 9.80 Å². The molecule has 3 rings (SSSR count). The average Bonchev–Trinajstić information content (AvgIpc) is 3.04. The van der Waals surface area contributed by atoms with Crippen molar-refractivity contribution in [3.8, 4) is 5.75 Å². The van der Waals surface area contributed by atoms with Crippen molar-refractivity contribution >= 4 is 5.91 Å². The van der Waals surface area contributed by atoms with Crippen LogP contribution in [0.25, 0.3) is 0 Å². The Kier molecular flexibility index (Phi) is 6.29. The lowest BCUT2D eigenvalue weighted by atomic mass is 10.0. The van der Waals surface area contributed by atoms with Crippen LogP contribution in [0.3, 0.4) is 0 Å². The van der Waals surface area contributed by atoms with Crippen LogP contribution in [0.2, 0.25) is 0 Å². The molecule has 6 nitrogen and oxygen atoms in total. The highest BCUT2D eigenvalue weighted by Gasteiger charge is 2.37. The smallest absolute Gasteiger partial charge is 0.257 e. The monoisotopic (exact) mass is 348 g/mol.